The van der Waals surface area contributed by atoms with Crippen molar-refractivity contribution >= 4 is 0 Å². The fraction of sp³-hybridized carbons (Fsp3) is 0.429. The molecule has 7 heteroatoms. The molecule has 1 aliphatic rings. The van der Waals surface area contributed by atoms with Crippen LogP contribution in [0.1, 0.15) is 12.6 Å². The molecule has 0 radical (unpaired) electrons. The summed E-state index contributed by atoms with van der Waals surface area (Å²) in [5.41, 5.74) is 0.930. The molecule has 112 valence electrons. The van der Waals surface area contributed by atoms with Gasteiger partial charge in [0.25, 0.3) is 0 Å². The minimum atomic E-state index is 0.270. The summed E-state index contributed by atoms with van der Waals surface area (Å²) in [6.07, 6.45) is 1.92. The fourth-order valence-corrected chi connectivity index (χ4v) is 2.01. The van der Waals surface area contributed by atoms with Crippen LogP contribution in [0, 0.1) is 0 Å². The lowest BCUT2D eigenvalue weighted by molar-refractivity contribution is 0.173. The predicted molar refractivity (Wildman–Crippen MR) is 75.5 cm³/mol. The number of nitrogens with zero attached hydrogens (tertiary/aromatic N) is 3. The van der Waals surface area contributed by atoms with E-state index in [9.17, 15) is 0 Å². The highest BCUT2D eigenvalue weighted by atomic mass is 16.7. The van der Waals surface area contributed by atoms with Crippen LogP contribution >= 0.6 is 0 Å². The van der Waals surface area contributed by atoms with E-state index in [-0.39, 0.29) is 6.79 Å². The molecule has 1 aliphatic heterocycles. The van der Waals surface area contributed by atoms with E-state index in [0.717, 1.165) is 36.0 Å². The maximum atomic E-state index is 5.69. The van der Waals surface area contributed by atoms with Crippen LogP contribution in [0.5, 0.6) is 17.2 Å². The zero-order valence-electron chi connectivity index (χ0n) is 11.9. The Labute approximate surface area is 122 Å². The maximum absolute atomic E-state index is 5.69. The highest BCUT2D eigenvalue weighted by Crippen LogP contribution is 2.34. The Bertz CT molecular complexity index is 600. The first kappa shape index (κ1) is 13.7. The molecule has 0 atom stereocenters. The average molecular weight is 290 g/mol. The van der Waals surface area contributed by atoms with Crippen molar-refractivity contribution in [3.05, 3.63) is 30.1 Å². The first-order chi connectivity index (χ1) is 10.3. The van der Waals surface area contributed by atoms with Gasteiger partial charge in [-0.3, -0.25) is 0 Å². The topological polar surface area (TPSA) is 70.4 Å². The average Bonchev–Trinajstić information content (AvgIpc) is 3.13. The summed E-state index contributed by atoms with van der Waals surface area (Å²) >= 11 is 0. The minimum Gasteiger partial charge on any atom is -0.492 e. The van der Waals surface area contributed by atoms with E-state index in [4.69, 9.17) is 14.2 Å². The quantitative estimate of drug-likeness (QED) is 0.826. The van der Waals surface area contributed by atoms with Crippen LogP contribution in [0.15, 0.2) is 24.4 Å². The van der Waals surface area contributed by atoms with Gasteiger partial charge in [-0.15, -0.1) is 5.10 Å². The number of hydrogen-bond acceptors (Lipinski definition) is 6. The van der Waals surface area contributed by atoms with Gasteiger partial charge in [0.2, 0.25) is 6.79 Å². The first-order valence-electron chi connectivity index (χ1n) is 6.97. The third-order valence-electron chi connectivity index (χ3n) is 3.08. The second-order valence-electron chi connectivity index (χ2n) is 4.62. The maximum Gasteiger partial charge on any atom is 0.231 e. The molecule has 3 rings (SSSR count). The van der Waals surface area contributed by atoms with Gasteiger partial charge in [-0.25, -0.2) is 4.68 Å². The number of hydrogen-bond donors (Lipinski definition) is 1. The first-order valence-corrected chi connectivity index (χ1v) is 6.97. The monoisotopic (exact) mass is 290 g/mol. The molecule has 1 aromatic heterocycles. The third-order valence-corrected chi connectivity index (χ3v) is 3.08. The second-order valence-corrected chi connectivity index (χ2v) is 4.62. The summed E-state index contributed by atoms with van der Waals surface area (Å²) in [6.45, 7) is 5.15. The van der Waals surface area contributed by atoms with E-state index in [0.29, 0.717) is 13.2 Å². The number of nitrogens with one attached hydrogen (secondary N) is 1. The number of fused-ring (bicyclic) bond motifs is 1. The number of ether oxygens (including phenoxy) is 3. The summed E-state index contributed by atoms with van der Waals surface area (Å²) in [7, 11) is 0. The molecule has 0 amide bonds. The van der Waals surface area contributed by atoms with Crippen molar-refractivity contribution in [2.75, 3.05) is 19.9 Å². The lowest BCUT2D eigenvalue weighted by atomic mass is 10.3. The normalized spacial score (nSPS) is 12.6. The Morgan fingerprint density at radius 1 is 1.33 bits per heavy atom. The zero-order chi connectivity index (χ0) is 14.5. The van der Waals surface area contributed by atoms with Crippen LogP contribution in [0.3, 0.4) is 0 Å². The molecular weight excluding hydrogens is 272 g/mol. The summed E-state index contributed by atoms with van der Waals surface area (Å²) < 4.78 is 18.0. The molecule has 2 aromatic rings. The lowest BCUT2D eigenvalue weighted by Crippen LogP contribution is -2.12. The molecule has 1 N–H and O–H groups in total. The largest absolute Gasteiger partial charge is 0.492 e. The van der Waals surface area contributed by atoms with Gasteiger partial charge < -0.3 is 19.5 Å². The predicted octanol–water partition coefficient (Wildman–Crippen LogP) is 1.20. The molecular formula is C14H18N4O3. The minimum absolute atomic E-state index is 0.270. The van der Waals surface area contributed by atoms with E-state index in [1.807, 2.05) is 24.4 Å². The van der Waals surface area contributed by atoms with E-state index in [2.05, 4.69) is 22.6 Å². The summed E-state index contributed by atoms with van der Waals surface area (Å²) in [6, 6.07) is 5.55. The molecule has 0 saturated heterocycles. The van der Waals surface area contributed by atoms with Gasteiger partial charge in [-0.05, 0) is 18.7 Å². The van der Waals surface area contributed by atoms with Crippen molar-refractivity contribution in [3.63, 3.8) is 0 Å². The van der Waals surface area contributed by atoms with Crippen LogP contribution in [-0.2, 0) is 13.1 Å². The molecule has 21 heavy (non-hydrogen) atoms. The van der Waals surface area contributed by atoms with Gasteiger partial charge in [0.15, 0.2) is 11.5 Å². The number of rotatable bonds is 7. The highest BCUT2D eigenvalue weighted by molar-refractivity contribution is 5.46. The molecule has 7 nitrogen and oxygen atoms in total. The van der Waals surface area contributed by atoms with Gasteiger partial charge in [0, 0.05) is 18.8 Å². The van der Waals surface area contributed by atoms with E-state index in [1.54, 1.807) is 4.68 Å². The van der Waals surface area contributed by atoms with Crippen molar-refractivity contribution in [2.45, 2.75) is 20.0 Å². The molecule has 1 aromatic carbocycles. The van der Waals surface area contributed by atoms with E-state index in [1.165, 1.54) is 0 Å². The van der Waals surface area contributed by atoms with Gasteiger partial charge in [-0.2, -0.15) is 0 Å². The standard InChI is InChI=1S/C14H18N4O3/c1-2-15-8-11-9-18(17-16-11)5-6-19-12-3-4-13-14(7-12)21-10-20-13/h3-4,7,9,15H,2,5-6,8,10H2,1H3. The SMILES string of the molecule is CCNCc1cn(CCOc2ccc3c(c2)OCO3)nn1. The van der Waals surface area contributed by atoms with Gasteiger partial charge in [-0.1, -0.05) is 12.1 Å². The smallest absolute Gasteiger partial charge is 0.231 e. The third kappa shape index (κ3) is 3.43. The van der Waals surface area contributed by atoms with Crippen LogP contribution in [-0.4, -0.2) is 34.9 Å². The Kier molecular flexibility index (Phi) is 4.20. The molecule has 0 bridgehead atoms. The van der Waals surface area contributed by atoms with Crippen molar-refractivity contribution in [1.82, 2.24) is 20.3 Å². The molecule has 0 unspecified atom stereocenters. The Hall–Kier alpha value is -2.28. The van der Waals surface area contributed by atoms with E-state index >= 15 is 0 Å². The van der Waals surface area contributed by atoms with Crippen LogP contribution < -0.4 is 19.5 Å². The number of aromatic nitrogens is 3. The van der Waals surface area contributed by atoms with Crippen LogP contribution in [0.4, 0.5) is 0 Å². The van der Waals surface area contributed by atoms with Crippen molar-refractivity contribution in [2.24, 2.45) is 0 Å². The van der Waals surface area contributed by atoms with Gasteiger partial charge >= 0.3 is 0 Å². The van der Waals surface area contributed by atoms with Crippen LogP contribution in [0.2, 0.25) is 0 Å². The zero-order valence-corrected chi connectivity index (χ0v) is 11.9. The fourth-order valence-electron chi connectivity index (χ4n) is 2.01. The summed E-state index contributed by atoms with van der Waals surface area (Å²) in [5.74, 6) is 2.24. The summed E-state index contributed by atoms with van der Waals surface area (Å²) in [4.78, 5) is 0. The Morgan fingerprint density at radius 3 is 3.14 bits per heavy atom. The van der Waals surface area contributed by atoms with Gasteiger partial charge in [0.05, 0.1) is 12.2 Å². The highest BCUT2D eigenvalue weighted by Gasteiger charge is 2.13. The Balaban J connectivity index is 1.48. The molecule has 0 spiro atoms. The Morgan fingerprint density at radius 2 is 2.24 bits per heavy atom. The van der Waals surface area contributed by atoms with Crippen LogP contribution in [0.25, 0.3) is 0 Å². The van der Waals surface area contributed by atoms with Crippen molar-refractivity contribution < 1.29 is 14.2 Å². The molecule has 2 heterocycles. The number of benzene rings is 1. The summed E-state index contributed by atoms with van der Waals surface area (Å²) in [5, 5.41) is 11.4. The van der Waals surface area contributed by atoms with Gasteiger partial charge in [0.1, 0.15) is 12.4 Å². The molecule has 0 saturated carbocycles. The molecule has 0 fully saturated rings. The van der Waals surface area contributed by atoms with E-state index < -0.39 is 0 Å². The molecule has 0 aliphatic carbocycles. The lowest BCUT2D eigenvalue weighted by Gasteiger charge is -2.06. The second kappa shape index (κ2) is 6.45. The van der Waals surface area contributed by atoms with Crippen molar-refractivity contribution in [1.29, 1.82) is 0 Å². The van der Waals surface area contributed by atoms with Crippen molar-refractivity contribution in [3.8, 4) is 17.2 Å².